The molecule has 1 heterocycles. The Bertz CT molecular complexity index is 1430. The van der Waals surface area contributed by atoms with Crippen molar-refractivity contribution in [3.8, 4) is 0 Å². The summed E-state index contributed by atoms with van der Waals surface area (Å²) in [5, 5.41) is 28.2. The van der Waals surface area contributed by atoms with E-state index in [1.165, 1.54) is 4.90 Å². The van der Waals surface area contributed by atoms with Crippen LogP contribution >= 0.6 is 11.6 Å². The van der Waals surface area contributed by atoms with E-state index >= 15 is 0 Å². The van der Waals surface area contributed by atoms with Gasteiger partial charge in [-0.1, -0.05) is 72.3 Å². The van der Waals surface area contributed by atoms with Gasteiger partial charge in [0.1, 0.15) is 6.10 Å². The zero-order valence-electron chi connectivity index (χ0n) is 19.1. The summed E-state index contributed by atoms with van der Waals surface area (Å²) in [6, 6.07) is 27.7. The Morgan fingerprint density at radius 1 is 0.971 bits per heavy atom. The molecule has 0 spiro atoms. The molecule has 2 unspecified atom stereocenters. The minimum absolute atomic E-state index is 0.0292. The monoisotopic (exact) mass is 484 g/mol. The molecule has 35 heavy (non-hydrogen) atoms. The molecular weight excluding hydrogens is 460 g/mol. The third kappa shape index (κ3) is 4.48. The summed E-state index contributed by atoms with van der Waals surface area (Å²) in [6.07, 6.45) is -0.890. The number of fused-ring (bicyclic) bond motifs is 2. The van der Waals surface area contributed by atoms with Crippen molar-refractivity contribution < 1.29 is 15.0 Å². The zero-order valence-corrected chi connectivity index (χ0v) is 19.9. The molecule has 0 radical (unpaired) electrons. The Morgan fingerprint density at radius 3 is 2.43 bits per heavy atom. The lowest BCUT2D eigenvalue weighted by Gasteiger charge is -2.33. The number of para-hydroxylation sites is 1. The van der Waals surface area contributed by atoms with Gasteiger partial charge in [0.2, 0.25) is 5.88 Å². The van der Waals surface area contributed by atoms with Gasteiger partial charge in [0, 0.05) is 35.4 Å². The van der Waals surface area contributed by atoms with Crippen molar-refractivity contribution in [2.45, 2.75) is 18.6 Å². The van der Waals surface area contributed by atoms with Crippen LogP contribution in [0.15, 0.2) is 102 Å². The van der Waals surface area contributed by atoms with E-state index in [9.17, 15) is 15.0 Å². The van der Waals surface area contributed by atoms with Crippen molar-refractivity contribution in [1.29, 1.82) is 0 Å². The van der Waals surface area contributed by atoms with E-state index in [1.54, 1.807) is 37.4 Å². The van der Waals surface area contributed by atoms with Crippen molar-refractivity contribution in [3.63, 3.8) is 0 Å². The normalized spacial score (nSPS) is 16.2. The van der Waals surface area contributed by atoms with Crippen molar-refractivity contribution in [2.24, 2.45) is 0 Å². The molecule has 4 aromatic carbocycles. The average molecular weight is 485 g/mol. The molecule has 1 aliphatic rings. The van der Waals surface area contributed by atoms with Gasteiger partial charge in [-0.2, -0.15) is 0 Å². The first-order chi connectivity index (χ1) is 16.9. The number of hydrogen-bond donors (Lipinski definition) is 3. The van der Waals surface area contributed by atoms with Gasteiger partial charge in [-0.25, -0.2) is 0 Å². The smallest absolute Gasteiger partial charge is 0.201 e. The zero-order chi connectivity index (χ0) is 24.5. The van der Waals surface area contributed by atoms with Gasteiger partial charge >= 0.3 is 0 Å². The predicted molar refractivity (Wildman–Crippen MR) is 141 cm³/mol. The molecule has 0 bridgehead atoms. The number of anilines is 2. The van der Waals surface area contributed by atoms with Crippen LogP contribution in [0.4, 0.5) is 11.4 Å². The third-order valence-electron chi connectivity index (χ3n) is 6.45. The number of aliphatic hydroxyl groups excluding tert-OH is 2. The molecule has 0 aromatic heterocycles. The van der Waals surface area contributed by atoms with Crippen LogP contribution in [0.3, 0.4) is 0 Å². The lowest BCUT2D eigenvalue weighted by atomic mass is 9.88. The van der Waals surface area contributed by atoms with E-state index in [2.05, 4.69) is 5.32 Å². The highest BCUT2D eigenvalue weighted by molar-refractivity contribution is 6.30. The maximum Gasteiger partial charge on any atom is 0.201 e. The Labute approximate surface area is 208 Å². The summed E-state index contributed by atoms with van der Waals surface area (Å²) >= 11 is 6.06. The van der Waals surface area contributed by atoms with Gasteiger partial charge in [0.25, 0.3) is 0 Å². The van der Waals surface area contributed by atoms with Crippen molar-refractivity contribution >= 4 is 39.5 Å². The van der Waals surface area contributed by atoms with Crippen LogP contribution in [-0.2, 0) is 11.2 Å². The lowest BCUT2D eigenvalue weighted by molar-refractivity contribution is -0.117. The Morgan fingerprint density at radius 2 is 1.66 bits per heavy atom. The highest BCUT2D eigenvalue weighted by Crippen LogP contribution is 2.39. The number of rotatable bonds is 6. The minimum atomic E-state index is -1.24. The fourth-order valence-corrected chi connectivity index (χ4v) is 4.70. The molecule has 0 fully saturated rings. The molecule has 0 aliphatic carbocycles. The fraction of sp³-hybridized carbons (Fsp3) is 0.138. The van der Waals surface area contributed by atoms with E-state index in [0.29, 0.717) is 22.7 Å². The molecule has 176 valence electrons. The van der Waals surface area contributed by atoms with Crippen molar-refractivity contribution in [3.05, 3.63) is 119 Å². The molecule has 5 nitrogen and oxygen atoms in total. The standard InChI is InChI=1S/C29H25ClN2O3/c1-32-25-9-5-4-8-23(25)27(33)26(29(32)35)28(34)24(16-18-10-13-21(30)14-11-18)31-22-15-12-19-6-2-3-7-20(19)17-22/h2-15,17,24,27,31,33,35H,16H2,1H3. The molecule has 6 heteroatoms. The van der Waals surface area contributed by atoms with Crippen LogP contribution in [0.25, 0.3) is 10.8 Å². The summed E-state index contributed by atoms with van der Waals surface area (Å²) in [5.41, 5.74) is 2.88. The molecule has 0 amide bonds. The SMILES string of the molecule is CN1C(O)=C(C(=O)C(Cc2ccc(Cl)cc2)Nc2ccc3ccccc3c2)C(O)c2ccccc21. The predicted octanol–water partition coefficient (Wildman–Crippen LogP) is 6.04. The number of ketones is 1. The number of carbonyl (C=O) groups is 1. The Kier molecular flexibility index (Phi) is 6.20. The van der Waals surface area contributed by atoms with Gasteiger partial charge in [0.05, 0.1) is 11.6 Å². The first-order valence-corrected chi connectivity index (χ1v) is 11.8. The molecule has 4 aromatic rings. The molecule has 3 N–H and O–H groups in total. The van der Waals surface area contributed by atoms with Crippen LogP contribution in [0.1, 0.15) is 17.2 Å². The highest BCUT2D eigenvalue weighted by atomic mass is 35.5. The lowest BCUT2D eigenvalue weighted by Crippen LogP contribution is -2.38. The topological polar surface area (TPSA) is 72.8 Å². The molecule has 2 atom stereocenters. The summed E-state index contributed by atoms with van der Waals surface area (Å²) in [6.45, 7) is 0. The second-order valence-electron chi connectivity index (χ2n) is 8.71. The summed E-state index contributed by atoms with van der Waals surface area (Å²) < 4.78 is 0. The molecule has 0 saturated carbocycles. The van der Waals surface area contributed by atoms with Gasteiger partial charge in [0.15, 0.2) is 5.78 Å². The second kappa shape index (κ2) is 9.45. The number of Topliss-reactive ketones (excluding diaryl/α,β-unsaturated/α-hetero) is 1. The van der Waals surface area contributed by atoms with Gasteiger partial charge < -0.3 is 20.4 Å². The van der Waals surface area contributed by atoms with Crippen LogP contribution in [-0.4, -0.2) is 29.1 Å². The Balaban J connectivity index is 1.53. The number of nitrogens with zero attached hydrogens (tertiary/aromatic N) is 1. The van der Waals surface area contributed by atoms with E-state index in [1.807, 2.05) is 60.7 Å². The summed E-state index contributed by atoms with van der Waals surface area (Å²) in [4.78, 5) is 15.5. The van der Waals surface area contributed by atoms with Gasteiger partial charge in [-0.3, -0.25) is 4.79 Å². The molecule has 5 rings (SSSR count). The summed E-state index contributed by atoms with van der Waals surface area (Å²) in [7, 11) is 1.68. The molecule has 1 aliphatic heterocycles. The number of aliphatic hydroxyl groups is 2. The summed E-state index contributed by atoms with van der Waals surface area (Å²) in [5.74, 6) is -0.623. The number of hydrogen-bond acceptors (Lipinski definition) is 5. The average Bonchev–Trinajstić information content (AvgIpc) is 2.88. The maximum absolute atomic E-state index is 13.9. The van der Waals surface area contributed by atoms with E-state index < -0.39 is 12.1 Å². The van der Waals surface area contributed by atoms with E-state index in [4.69, 9.17) is 11.6 Å². The maximum atomic E-state index is 13.9. The number of halogens is 1. The first-order valence-electron chi connectivity index (χ1n) is 11.4. The largest absolute Gasteiger partial charge is 0.494 e. The second-order valence-corrected chi connectivity index (χ2v) is 9.15. The first kappa shape index (κ1) is 23.0. The highest BCUT2D eigenvalue weighted by Gasteiger charge is 2.37. The Hall–Kier alpha value is -3.80. The fourth-order valence-electron chi connectivity index (χ4n) is 4.58. The minimum Gasteiger partial charge on any atom is -0.494 e. The van der Waals surface area contributed by atoms with E-state index in [0.717, 1.165) is 22.0 Å². The quantitative estimate of drug-likeness (QED) is 0.311. The van der Waals surface area contributed by atoms with Crippen LogP contribution in [0, 0.1) is 0 Å². The molecule has 0 saturated heterocycles. The molecular formula is C29H25ClN2O3. The number of carbonyl (C=O) groups excluding carboxylic acids is 1. The van der Waals surface area contributed by atoms with Gasteiger partial charge in [-0.15, -0.1) is 0 Å². The van der Waals surface area contributed by atoms with Crippen molar-refractivity contribution in [1.82, 2.24) is 0 Å². The third-order valence-corrected chi connectivity index (χ3v) is 6.70. The van der Waals surface area contributed by atoms with E-state index in [-0.39, 0.29) is 17.2 Å². The van der Waals surface area contributed by atoms with Gasteiger partial charge in [-0.05, 0) is 46.7 Å². The van der Waals surface area contributed by atoms with Crippen molar-refractivity contribution in [2.75, 3.05) is 17.3 Å². The number of benzene rings is 4. The van der Waals surface area contributed by atoms with Crippen LogP contribution in [0.2, 0.25) is 5.02 Å². The van der Waals surface area contributed by atoms with Crippen LogP contribution < -0.4 is 10.2 Å². The van der Waals surface area contributed by atoms with Crippen LogP contribution in [0.5, 0.6) is 0 Å². The number of nitrogens with one attached hydrogen (secondary N) is 1.